The third kappa shape index (κ3) is 6.16. The Morgan fingerprint density at radius 1 is 0.905 bits per heavy atom. The molecule has 0 aliphatic carbocycles. The van der Waals surface area contributed by atoms with Gasteiger partial charge in [0.15, 0.2) is 0 Å². The van der Waals surface area contributed by atoms with Crippen LogP contribution in [-0.4, -0.2) is 71.6 Å². The van der Waals surface area contributed by atoms with E-state index in [0.29, 0.717) is 11.8 Å². The molecular weight excluding hydrogens is 522 g/mol. The number of carbonyl (C=O) groups excluding carboxylic acids is 1. The van der Waals surface area contributed by atoms with Gasteiger partial charge in [-0.1, -0.05) is 50.2 Å². The van der Waals surface area contributed by atoms with E-state index in [9.17, 15) is 4.79 Å². The number of imidazole rings is 1. The molecule has 3 aromatic carbocycles. The van der Waals surface area contributed by atoms with Crippen LogP contribution in [-0.2, 0) is 17.9 Å². The van der Waals surface area contributed by atoms with E-state index in [2.05, 4.69) is 87.7 Å². The third-order valence-electron chi connectivity index (χ3n) is 8.97. The van der Waals surface area contributed by atoms with Crippen LogP contribution in [0.4, 0.5) is 5.69 Å². The molecule has 7 nitrogen and oxygen atoms in total. The molecule has 0 spiro atoms. The number of amides is 1. The molecule has 7 heteroatoms. The zero-order chi connectivity index (χ0) is 29.1. The van der Waals surface area contributed by atoms with Crippen LogP contribution in [0.2, 0.25) is 0 Å². The normalized spacial score (nSPS) is 18.1. The molecule has 3 heterocycles. The topological polar surface area (TPSA) is 53.8 Å². The first kappa shape index (κ1) is 28.3. The molecule has 2 saturated heterocycles. The number of likely N-dealkylation sites (tertiary alicyclic amines) is 1. The zero-order valence-electron chi connectivity index (χ0n) is 25.2. The highest BCUT2D eigenvalue weighted by atomic mass is 16.5. The highest BCUT2D eigenvalue weighted by Gasteiger charge is 2.31. The van der Waals surface area contributed by atoms with E-state index < -0.39 is 0 Å². The lowest BCUT2D eigenvalue weighted by molar-refractivity contribution is -0.137. The maximum atomic E-state index is 13.7. The first-order chi connectivity index (χ1) is 20.5. The van der Waals surface area contributed by atoms with E-state index in [0.717, 1.165) is 87.8 Å². The average Bonchev–Trinajstić information content (AvgIpc) is 3.37. The van der Waals surface area contributed by atoms with Gasteiger partial charge in [-0.2, -0.15) is 0 Å². The average molecular weight is 566 g/mol. The molecule has 0 bridgehead atoms. The van der Waals surface area contributed by atoms with Crippen LogP contribution in [0.15, 0.2) is 72.8 Å². The lowest BCUT2D eigenvalue weighted by Gasteiger charge is -2.39. The number of rotatable bonds is 8. The first-order valence-corrected chi connectivity index (χ1v) is 15.4. The predicted octanol–water partition coefficient (Wildman–Crippen LogP) is 5.78. The summed E-state index contributed by atoms with van der Waals surface area (Å²) < 4.78 is 7.68. The van der Waals surface area contributed by atoms with Crippen LogP contribution in [0.5, 0.6) is 5.75 Å². The van der Waals surface area contributed by atoms with Gasteiger partial charge in [0.1, 0.15) is 11.6 Å². The summed E-state index contributed by atoms with van der Waals surface area (Å²) in [5.74, 6) is 2.82. The van der Waals surface area contributed by atoms with Gasteiger partial charge in [0.25, 0.3) is 0 Å². The molecule has 42 heavy (non-hydrogen) atoms. The molecule has 4 aromatic rings. The number of methoxy groups -OCH3 is 1. The van der Waals surface area contributed by atoms with Gasteiger partial charge in [0.05, 0.1) is 30.6 Å². The summed E-state index contributed by atoms with van der Waals surface area (Å²) in [4.78, 5) is 25.7. The minimum Gasteiger partial charge on any atom is -0.497 e. The Hall–Kier alpha value is -3.84. The molecule has 2 aliphatic rings. The van der Waals surface area contributed by atoms with Crippen molar-refractivity contribution in [3.05, 3.63) is 89.7 Å². The second kappa shape index (κ2) is 12.6. The smallest absolute Gasteiger partial charge is 0.227 e. The number of nitrogens with zero attached hydrogens (tertiary/aromatic N) is 5. The summed E-state index contributed by atoms with van der Waals surface area (Å²) in [5, 5.41) is 0. The SMILES string of the molecule is COc1ccc(Cn2c(CN3CCC[C@@H](C(=O)N4CCN(c5ccc(C(C)C)cc5)CC4)C3)nc3ccccc32)cc1. The molecule has 1 aromatic heterocycles. The summed E-state index contributed by atoms with van der Waals surface area (Å²) in [7, 11) is 1.69. The second-order valence-electron chi connectivity index (χ2n) is 12.1. The summed E-state index contributed by atoms with van der Waals surface area (Å²) in [6.45, 7) is 11.1. The molecule has 0 unspecified atom stereocenters. The van der Waals surface area contributed by atoms with Gasteiger partial charge in [-0.3, -0.25) is 9.69 Å². The standard InChI is InChI=1S/C35H43N5O2/c1-26(2)28-12-14-30(15-13-28)38-19-21-39(22-20-38)35(41)29-7-6-18-37(24-29)25-34-36-32-8-4-5-9-33(32)40(34)23-27-10-16-31(42-3)17-11-27/h4-5,8-17,26,29H,6-7,18-25H2,1-3H3/t29-/m1/s1. The van der Waals surface area contributed by atoms with Crippen molar-refractivity contribution in [2.24, 2.45) is 5.92 Å². The molecular formula is C35H43N5O2. The van der Waals surface area contributed by atoms with Gasteiger partial charge in [-0.25, -0.2) is 4.98 Å². The quantitative estimate of drug-likeness (QED) is 0.271. The third-order valence-corrected chi connectivity index (χ3v) is 8.97. The first-order valence-electron chi connectivity index (χ1n) is 15.4. The number of ether oxygens (including phenoxy) is 1. The Morgan fingerprint density at radius 3 is 2.36 bits per heavy atom. The van der Waals surface area contributed by atoms with E-state index in [1.54, 1.807) is 7.11 Å². The Labute approximate surface area is 249 Å². The number of fused-ring (bicyclic) bond motifs is 1. The minimum atomic E-state index is 0.0510. The molecule has 1 atom stereocenters. The van der Waals surface area contributed by atoms with E-state index in [-0.39, 0.29) is 5.92 Å². The van der Waals surface area contributed by atoms with E-state index in [1.807, 2.05) is 18.2 Å². The number of hydrogen-bond acceptors (Lipinski definition) is 5. The van der Waals surface area contributed by atoms with Crippen molar-refractivity contribution in [1.82, 2.24) is 19.4 Å². The zero-order valence-corrected chi connectivity index (χ0v) is 25.2. The molecule has 1 amide bonds. The summed E-state index contributed by atoms with van der Waals surface area (Å²) in [5.41, 5.74) is 5.99. The second-order valence-corrected chi connectivity index (χ2v) is 12.1. The summed E-state index contributed by atoms with van der Waals surface area (Å²) in [6.07, 6.45) is 2.01. The van der Waals surface area contributed by atoms with Gasteiger partial charge in [0, 0.05) is 45.0 Å². The van der Waals surface area contributed by atoms with Crippen LogP contribution >= 0.6 is 0 Å². The molecule has 2 aliphatic heterocycles. The van der Waals surface area contributed by atoms with Crippen molar-refractivity contribution in [2.75, 3.05) is 51.3 Å². The summed E-state index contributed by atoms with van der Waals surface area (Å²) >= 11 is 0. The molecule has 0 saturated carbocycles. The molecule has 6 rings (SSSR count). The highest BCUT2D eigenvalue weighted by Crippen LogP contribution is 2.26. The Kier molecular flexibility index (Phi) is 8.47. The fraction of sp³-hybridized carbons (Fsp3) is 0.429. The fourth-order valence-electron chi connectivity index (χ4n) is 6.45. The molecule has 220 valence electrons. The van der Waals surface area contributed by atoms with Gasteiger partial charge in [-0.15, -0.1) is 0 Å². The van der Waals surface area contributed by atoms with Crippen LogP contribution in [0.1, 0.15) is 49.6 Å². The monoisotopic (exact) mass is 565 g/mol. The van der Waals surface area contributed by atoms with Gasteiger partial charge in [-0.05, 0) is 72.8 Å². The largest absolute Gasteiger partial charge is 0.497 e. The molecule has 0 N–H and O–H groups in total. The number of aromatic nitrogens is 2. The number of benzene rings is 3. The van der Waals surface area contributed by atoms with E-state index in [1.165, 1.54) is 16.8 Å². The Balaban J connectivity index is 1.10. The maximum absolute atomic E-state index is 13.7. The number of piperidine rings is 1. The van der Waals surface area contributed by atoms with Crippen LogP contribution in [0.25, 0.3) is 11.0 Å². The van der Waals surface area contributed by atoms with Crippen LogP contribution in [0, 0.1) is 5.92 Å². The van der Waals surface area contributed by atoms with Crippen molar-refractivity contribution < 1.29 is 9.53 Å². The van der Waals surface area contributed by atoms with Crippen LogP contribution < -0.4 is 9.64 Å². The van der Waals surface area contributed by atoms with Crippen molar-refractivity contribution in [2.45, 2.75) is 45.7 Å². The van der Waals surface area contributed by atoms with E-state index >= 15 is 0 Å². The molecule has 0 radical (unpaired) electrons. The number of piperazine rings is 1. The minimum absolute atomic E-state index is 0.0510. The number of hydrogen-bond donors (Lipinski definition) is 0. The van der Waals surface area contributed by atoms with Gasteiger partial charge >= 0.3 is 0 Å². The highest BCUT2D eigenvalue weighted by molar-refractivity contribution is 5.79. The van der Waals surface area contributed by atoms with E-state index in [4.69, 9.17) is 9.72 Å². The molecule has 2 fully saturated rings. The number of carbonyl (C=O) groups is 1. The predicted molar refractivity (Wildman–Crippen MR) is 169 cm³/mol. The Bertz CT molecular complexity index is 1490. The van der Waals surface area contributed by atoms with Crippen molar-refractivity contribution >= 4 is 22.6 Å². The maximum Gasteiger partial charge on any atom is 0.227 e. The lowest BCUT2D eigenvalue weighted by atomic mass is 9.96. The van der Waals surface area contributed by atoms with Crippen molar-refractivity contribution in [1.29, 1.82) is 0 Å². The van der Waals surface area contributed by atoms with Crippen molar-refractivity contribution in [3.63, 3.8) is 0 Å². The number of anilines is 1. The lowest BCUT2D eigenvalue weighted by Crippen LogP contribution is -2.52. The Morgan fingerprint density at radius 2 is 1.64 bits per heavy atom. The summed E-state index contributed by atoms with van der Waals surface area (Å²) in [6, 6.07) is 25.6. The fourth-order valence-corrected chi connectivity index (χ4v) is 6.45. The van der Waals surface area contributed by atoms with Gasteiger partial charge in [0.2, 0.25) is 5.91 Å². The number of para-hydroxylation sites is 2. The van der Waals surface area contributed by atoms with Gasteiger partial charge < -0.3 is 19.1 Å². The van der Waals surface area contributed by atoms with Crippen molar-refractivity contribution in [3.8, 4) is 5.75 Å². The van der Waals surface area contributed by atoms with Crippen LogP contribution in [0.3, 0.4) is 0 Å².